The second-order valence-electron chi connectivity index (χ2n) is 7.87. The van der Waals surface area contributed by atoms with Gasteiger partial charge in [-0.05, 0) is 34.9 Å². The summed E-state index contributed by atoms with van der Waals surface area (Å²) in [7, 11) is 4.74. The lowest BCUT2D eigenvalue weighted by Gasteiger charge is -2.38. The van der Waals surface area contributed by atoms with E-state index in [0.29, 0.717) is 6.04 Å². The van der Waals surface area contributed by atoms with Crippen molar-refractivity contribution in [3.05, 3.63) is 78.4 Å². The molecule has 0 saturated heterocycles. The summed E-state index contributed by atoms with van der Waals surface area (Å²) in [4.78, 5) is 0. The average Bonchev–Trinajstić information content (AvgIpc) is 2.68. The molecule has 1 nitrogen and oxygen atoms in total. The van der Waals surface area contributed by atoms with Crippen molar-refractivity contribution in [3.8, 4) is 0 Å². The second kappa shape index (κ2) is 8.51. The Hall–Kier alpha value is -2.12. The van der Waals surface area contributed by atoms with Gasteiger partial charge in [0.2, 0.25) is 0 Å². The van der Waals surface area contributed by atoms with E-state index in [9.17, 15) is 0 Å². The Morgan fingerprint density at radius 1 is 0.769 bits per heavy atom. The molecule has 3 aromatic rings. The summed E-state index contributed by atoms with van der Waals surface area (Å²) in [5.74, 6) is 0. The van der Waals surface area contributed by atoms with Gasteiger partial charge in [-0.15, -0.1) is 0 Å². The fraction of sp³-hybridized carbons (Fsp3) is 0.360. The van der Waals surface area contributed by atoms with E-state index in [1.807, 2.05) is 0 Å². The molecule has 0 fully saturated rings. The topological polar surface area (TPSA) is 0 Å². The van der Waals surface area contributed by atoms with E-state index in [-0.39, 0.29) is 0 Å². The number of quaternary nitrogens is 1. The standard InChI is InChI=1S/C25H32N/c1-4-5-7-18-24(26(2,3)23-16-8-6-9-17-23)20-22-15-12-14-21-13-10-11-19-25(21)22/h6,8-17,19,24H,4-5,7,18,20H2,1-3H3/q+1. The number of benzene rings is 3. The Morgan fingerprint density at radius 2 is 1.46 bits per heavy atom. The van der Waals surface area contributed by atoms with Crippen molar-refractivity contribution in [2.24, 2.45) is 0 Å². The smallest absolute Gasteiger partial charge is 0.132 e. The summed E-state index contributed by atoms with van der Waals surface area (Å²) < 4.78 is 0.938. The zero-order valence-electron chi connectivity index (χ0n) is 16.5. The van der Waals surface area contributed by atoms with Crippen LogP contribution in [0.15, 0.2) is 72.8 Å². The molecule has 26 heavy (non-hydrogen) atoms. The largest absolute Gasteiger partial charge is 0.293 e. The summed E-state index contributed by atoms with van der Waals surface area (Å²) in [6.45, 7) is 2.29. The lowest BCUT2D eigenvalue weighted by molar-refractivity contribution is 0.269. The summed E-state index contributed by atoms with van der Waals surface area (Å²) in [6.07, 6.45) is 6.28. The molecule has 0 heterocycles. The van der Waals surface area contributed by atoms with Crippen molar-refractivity contribution in [3.63, 3.8) is 0 Å². The third kappa shape index (κ3) is 4.16. The molecule has 0 bridgehead atoms. The normalized spacial score (nSPS) is 13.0. The van der Waals surface area contributed by atoms with E-state index in [1.165, 1.54) is 47.7 Å². The molecule has 136 valence electrons. The van der Waals surface area contributed by atoms with Crippen molar-refractivity contribution >= 4 is 16.5 Å². The van der Waals surface area contributed by atoms with Gasteiger partial charge in [-0.3, -0.25) is 4.48 Å². The maximum atomic E-state index is 2.37. The molecule has 0 aliphatic carbocycles. The van der Waals surface area contributed by atoms with Crippen molar-refractivity contribution in [1.82, 2.24) is 4.48 Å². The minimum Gasteiger partial charge on any atom is -0.293 e. The molecule has 1 unspecified atom stereocenters. The lowest BCUT2D eigenvalue weighted by Crippen LogP contribution is -2.51. The Morgan fingerprint density at radius 3 is 2.23 bits per heavy atom. The van der Waals surface area contributed by atoms with Crippen LogP contribution in [0.25, 0.3) is 10.8 Å². The average molecular weight is 347 g/mol. The van der Waals surface area contributed by atoms with Crippen molar-refractivity contribution in [2.75, 3.05) is 14.1 Å². The predicted octanol–water partition coefficient (Wildman–Crippen LogP) is 6.60. The van der Waals surface area contributed by atoms with Gasteiger partial charge in [-0.1, -0.05) is 80.4 Å². The number of hydrogen-bond acceptors (Lipinski definition) is 0. The lowest BCUT2D eigenvalue weighted by atomic mass is 9.93. The van der Waals surface area contributed by atoms with Crippen LogP contribution in [-0.4, -0.2) is 20.1 Å². The van der Waals surface area contributed by atoms with Gasteiger partial charge >= 0.3 is 0 Å². The summed E-state index contributed by atoms with van der Waals surface area (Å²) in [5, 5.41) is 2.76. The molecule has 3 aromatic carbocycles. The molecule has 1 atom stereocenters. The number of rotatable bonds is 8. The van der Waals surface area contributed by atoms with Crippen molar-refractivity contribution in [1.29, 1.82) is 0 Å². The SMILES string of the molecule is CCCCCC(Cc1cccc2ccccc12)[N+](C)(C)c1ccccc1. The maximum Gasteiger partial charge on any atom is 0.132 e. The highest BCUT2D eigenvalue weighted by molar-refractivity contribution is 5.85. The Balaban J connectivity index is 1.93. The van der Waals surface area contributed by atoms with Gasteiger partial charge in [0.05, 0.1) is 20.1 Å². The van der Waals surface area contributed by atoms with Gasteiger partial charge in [0.1, 0.15) is 5.69 Å². The Labute approximate surface area is 158 Å². The quantitative estimate of drug-likeness (QED) is 0.318. The number of fused-ring (bicyclic) bond motifs is 1. The highest BCUT2D eigenvalue weighted by atomic mass is 15.3. The molecule has 3 rings (SSSR count). The number of para-hydroxylation sites is 1. The van der Waals surface area contributed by atoms with E-state index in [2.05, 4.69) is 93.8 Å². The van der Waals surface area contributed by atoms with Crippen LogP contribution >= 0.6 is 0 Å². The molecule has 0 amide bonds. The van der Waals surface area contributed by atoms with Crippen LogP contribution in [0.3, 0.4) is 0 Å². The molecule has 1 heteroatoms. The minimum absolute atomic E-state index is 0.578. The fourth-order valence-electron chi connectivity index (χ4n) is 4.03. The van der Waals surface area contributed by atoms with Crippen LogP contribution in [0, 0.1) is 0 Å². The first-order chi connectivity index (χ1) is 12.6. The molecular weight excluding hydrogens is 314 g/mol. The predicted molar refractivity (Wildman–Crippen MR) is 116 cm³/mol. The minimum atomic E-state index is 0.578. The summed E-state index contributed by atoms with van der Waals surface area (Å²) in [6, 6.07) is 27.1. The van der Waals surface area contributed by atoms with Gasteiger partial charge in [0, 0.05) is 12.8 Å². The van der Waals surface area contributed by atoms with Crippen LogP contribution in [0.4, 0.5) is 5.69 Å². The van der Waals surface area contributed by atoms with E-state index < -0.39 is 0 Å². The highest BCUT2D eigenvalue weighted by Crippen LogP contribution is 2.29. The zero-order chi connectivity index (χ0) is 18.4. The molecule has 0 N–H and O–H groups in total. The molecule has 0 spiro atoms. The van der Waals surface area contributed by atoms with Crippen LogP contribution < -0.4 is 4.48 Å². The van der Waals surface area contributed by atoms with E-state index in [0.717, 1.165) is 10.9 Å². The maximum absolute atomic E-state index is 2.37. The number of nitrogens with zero attached hydrogens (tertiary/aromatic N) is 1. The summed E-state index contributed by atoms with van der Waals surface area (Å²) >= 11 is 0. The van der Waals surface area contributed by atoms with Gasteiger partial charge < -0.3 is 0 Å². The fourth-order valence-corrected chi connectivity index (χ4v) is 4.03. The molecular formula is C25H32N+. The van der Waals surface area contributed by atoms with Gasteiger partial charge in [0.15, 0.2) is 0 Å². The van der Waals surface area contributed by atoms with E-state index >= 15 is 0 Å². The molecule has 0 aliphatic heterocycles. The third-order valence-corrected chi connectivity index (χ3v) is 5.81. The Kier molecular flexibility index (Phi) is 6.11. The van der Waals surface area contributed by atoms with Crippen LogP contribution in [-0.2, 0) is 6.42 Å². The highest BCUT2D eigenvalue weighted by Gasteiger charge is 2.30. The number of unbranched alkanes of at least 4 members (excludes halogenated alkanes) is 2. The van der Waals surface area contributed by atoms with Gasteiger partial charge in [0.25, 0.3) is 0 Å². The van der Waals surface area contributed by atoms with Crippen LogP contribution in [0.1, 0.15) is 38.2 Å². The van der Waals surface area contributed by atoms with Crippen molar-refractivity contribution < 1.29 is 0 Å². The van der Waals surface area contributed by atoms with Crippen LogP contribution in [0.5, 0.6) is 0 Å². The summed E-state index contributed by atoms with van der Waals surface area (Å²) in [5.41, 5.74) is 2.88. The molecule has 0 radical (unpaired) electrons. The zero-order valence-corrected chi connectivity index (χ0v) is 16.5. The van der Waals surface area contributed by atoms with E-state index in [4.69, 9.17) is 0 Å². The molecule has 0 aromatic heterocycles. The first-order valence-electron chi connectivity index (χ1n) is 9.99. The third-order valence-electron chi connectivity index (χ3n) is 5.81. The second-order valence-corrected chi connectivity index (χ2v) is 7.87. The van der Waals surface area contributed by atoms with Crippen LogP contribution in [0.2, 0.25) is 0 Å². The van der Waals surface area contributed by atoms with Gasteiger partial charge in [-0.2, -0.15) is 0 Å². The number of hydrogen-bond donors (Lipinski definition) is 0. The van der Waals surface area contributed by atoms with Gasteiger partial charge in [-0.25, -0.2) is 0 Å². The molecule has 0 saturated carbocycles. The molecule has 0 aliphatic rings. The first kappa shape index (κ1) is 18.7. The number of likely N-dealkylation sites (N-methyl/N-ethyl adjacent to an activating group) is 1. The van der Waals surface area contributed by atoms with E-state index in [1.54, 1.807) is 0 Å². The van der Waals surface area contributed by atoms with Crippen molar-refractivity contribution in [2.45, 2.75) is 45.1 Å². The monoisotopic (exact) mass is 346 g/mol. The first-order valence-corrected chi connectivity index (χ1v) is 9.99. The Bertz CT molecular complexity index is 814.